The van der Waals surface area contributed by atoms with E-state index >= 15 is 0 Å². The number of anilines is 1. The summed E-state index contributed by atoms with van der Waals surface area (Å²) < 4.78 is 5.35. The molecule has 1 N–H and O–H groups in total. The Morgan fingerprint density at radius 2 is 2.00 bits per heavy atom. The highest BCUT2D eigenvalue weighted by molar-refractivity contribution is 5.63. The molecule has 0 radical (unpaired) electrons. The van der Waals surface area contributed by atoms with Crippen molar-refractivity contribution < 1.29 is 4.74 Å². The molecule has 0 bridgehead atoms. The van der Waals surface area contributed by atoms with Gasteiger partial charge in [0.15, 0.2) is 0 Å². The van der Waals surface area contributed by atoms with Gasteiger partial charge < -0.3 is 10.1 Å². The van der Waals surface area contributed by atoms with Gasteiger partial charge in [0.05, 0.1) is 19.1 Å². The zero-order chi connectivity index (χ0) is 13.7. The second-order valence-corrected chi connectivity index (χ2v) is 4.64. The Balaban J connectivity index is 2.97. The lowest BCUT2D eigenvalue weighted by Gasteiger charge is -2.18. The number of methoxy groups -OCH3 is 1. The molecule has 1 aromatic rings. The summed E-state index contributed by atoms with van der Waals surface area (Å²) >= 11 is 0. The van der Waals surface area contributed by atoms with E-state index in [1.54, 1.807) is 7.11 Å². The van der Waals surface area contributed by atoms with Crippen molar-refractivity contribution in [1.82, 2.24) is 0 Å². The lowest BCUT2D eigenvalue weighted by atomic mass is 10.0. The van der Waals surface area contributed by atoms with Crippen molar-refractivity contribution in [2.24, 2.45) is 5.92 Å². The van der Waals surface area contributed by atoms with Crippen molar-refractivity contribution in [3.05, 3.63) is 22.8 Å². The second kappa shape index (κ2) is 6.30. The highest BCUT2D eigenvalue weighted by Crippen LogP contribution is 2.31. The van der Waals surface area contributed by atoms with Crippen molar-refractivity contribution in [1.29, 1.82) is 5.26 Å². The molecule has 0 aliphatic carbocycles. The van der Waals surface area contributed by atoms with Crippen molar-refractivity contribution in [2.75, 3.05) is 19.0 Å². The Bertz CT molecular complexity index is 461. The summed E-state index contributed by atoms with van der Waals surface area (Å²) in [5.41, 5.74) is 4.62. The van der Waals surface area contributed by atoms with Gasteiger partial charge in [-0.25, -0.2) is 0 Å². The highest BCUT2D eigenvalue weighted by atomic mass is 16.5. The van der Waals surface area contributed by atoms with E-state index in [-0.39, 0.29) is 5.92 Å². The summed E-state index contributed by atoms with van der Waals surface area (Å²) in [6, 6.07) is 4.35. The SMILES string of the molecule is CCC(C#N)CNc1c(C)cc(OC)c(C)c1C. The molecule has 18 heavy (non-hydrogen) atoms. The molecule has 0 amide bonds. The van der Waals surface area contributed by atoms with E-state index in [1.807, 2.05) is 13.0 Å². The minimum absolute atomic E-state index is 0.0613. The number of hydrogen-bond acceptors (Lipinski definition) is 3. The van der Waals surface area contributed by atoms with E-state index in [0.717, 1.165) is 29.0 Å². The van der Waals surface area contributed by atoms with Gasteiger partial charge in [-0.15, -0.1) is 0 Å². The van der Waals surface area contributed by atoms with Crippen LogP contribution in [-0.4, -0.2) is 13.7 Å². The molecule has 0 aliphatic heterocycles. The average molecular weight is 246 g/mol. The van der Waals surface area contributed by atoms with Gasteiger partial charge in [-0.3, -0.25) is 0 Å². The fraction of sp³-hybridized carbons (Fsp3) is 0.533. The van der Waals surface area contributed by atoms with Crippen LogP contribution >= 0.6 is 0 Å². The molecule has 3 heteroatoms. The molecule has 98 valence electrons. The molecule has 3 nitrogen and oxygen atoms in total. The standard InChI is InChI=1S/C15H22N2O/c1-6-13(8-16)9-17-15-10(2)7-14(18-5)11(3)12(15)4/h7,13,17H,6,9H2,1-5H3. The number of nitrogens with zero attached hydrogens (tertiary/aromatic N) is 1. The van der Waals surface area contributed by atoms with Crippen molar-refractivity contribution >= 4 is 5.69 Å². The lowest BCUT2D eigenvalue weighted by Crippen LogP contribution is -2.14. The molecular weight excluding hydrogens is 224 g/mol. The van der Waals surface area contributed by atoms with Crippen LogP contribution in [0.15, 0.2) is 6.07 Å². The summed E-state index contributed by atoms with van der Waals surface area (Å²) in [6.07, 6.45) is 0.872. The first-order chi connectivity index (χ1) is 8.54. The summed E-state index contributed by atoms with van der Waals surface area (Å²) in [7, 11) is 1.69. The average Bonchev–Trinajstić information content (AvgIpc) is 2.38. The van der Waals surface area contributed by atoms with Crippen LogP contribution in [0.2, 0.25) is 0 Å². The van der Waals surface area contributed by atoms with E-state index < -0.39 is 0 Å². The van der Waals surface area contributed by atoms with Crippen LogP contribution in [0.4, 0.5) is 5.69 Å². The molecule has 1 aromatic carbocycles. The summed E-state index contributed by atoms with van der Waals surface area (Å²) in [5.74, 6) is 0.981. The fourth-order valence-corrected chi connectivity index (χ4v) is 2.04. The number of nitrogens with one attached hydrogen (secondary N) is 1. The Labute approximate surface area is 110 Å². The quantitative estimate of drug-likeness (QED) is 0.863. The normalized spacial score (nSPS) is 11.8. The van der Waals surface area contributed by atoms with E-state index in [1.165, 1.54) is 5.56 Å². The predicted molar refractivity (Wildman–Crippen MR) is 75.1 cm³/mol. The third kappa shape index (κ3) is 2.95. The van der Waals surface area contributed by atoms with Crippen molar-refractivity contribution in [2.45, 2.75) is 34.1 Å². The van der Waals surface area contributed by atoms with E-state index in [4.69, 9.17) is 10.00 Å². The molecule has 1 unspecified atom stereocenters. The maximum atomic E-state index is 8.97. The van der Waals surface area contributed by atoms with Gasteiger partial charge >= 0.3 is 0 Å². The summed E-state index contributed by atoms with van der Waals surface area (Å²) in [6.45, 7) is 8.93. The zero-order valence-corrected chi connectivity index (χ0v) is 11.9. The number of nitriles is 1. The van der Waals surface area contributed by atoms with Gasteiger partial charge in [0.1, 0.15) is 5.75 Å². The second-order valence-electron chi connectivity index (χ2n) is 4.64. The topological polar surface area (TPSA) is 45.0 Å². The molecule has 0 aromatic heterocycles. The number of benzene rings is 1. The molecule has 1 atom stereocenters. The third-order valence-electron chi connectivity index (χ3n) is 3.47. The van der Waals surface area contributed by atoms with Crippen LogP contribution in [0, 0.1) is 38.0 Å². The van der Waals surface area contributed by atoms with E-state index in [0.29, 0.717) is 6.54 Å². The first-order valence-corrected chi connectivity index (χ1v) is 6.33. The van der Waals surface area contributed by atoms with Crippen LogP contribution in [0.25, 0.3) is 0 Å². The Kier molecular flexibility index (Phi) is 5.03. The molecule has 1 rings (SSSR count). The van der Waals surface area contributed by atoms with Crippen LogP contribution in [-0.2, 0) is 0 Å². The summed E-state index contributed by atoms with van der Waals surface area (Å²) in [5, 5.41) is 12.4. The molecular formula is C15H22N2O. The van der Waals surface area contributed by atoms with E-state index in [2.05, 4.69) is 32.2 Å². The largest absolute Gasteiger partial charge is 0.496 e. The first-order valence-electron chi connectivity index (χ1n) is 6.33. The number of aryl methyl sites for hydroxylation is 1. The van der Waals surface area contributed by atoms with Gasteiger partial charge in [0.2, 0.25) is 0 Å². The minimum atomic E-state index is 0.0613. The lowest BCUT2D eigenvalue weighted by molar-refractivity contribution is 0.411. The molecule has 0 fully saturated rings. The van der Waals surface area contributed by atoms with Crippen LogP contribution in [0.5, 0.6) is 5.75 Å². The monoisotopic (exact) mass is 246 g/mol. The Morgan fingerprint density at radius 3 is 2.50 bits per heavy atom. The maximum absolute atomic E-state index is 8.97. The van der Waals surface area contributed by atoms with Gasteiger partial charge in [0.25, 0.3) is 0 Å². The van der Waals surface area contributed by atoms with Crippen LogP contribution in [0.3, 0.4) is 0 Å². The maximum Gasteiger partial charge on any atom is 0.122 e. The number of hydrogen-bond donors (Lipinski definition) is 1. The van der Waals surface area contributed by atoms with Gasteiger partial charge in [-0.1, -0.05) is 6.92 Å². The van der Waals surface area contributed by atoms with Crippen LogP contribution < -0.4 is 10.1 Å². The molecule has 0 saturated carbocycles. The van der Waals surface area contributed by atoms with Gasteiger partial charge in [-0.2, -0.15) is 5.26 Å². The Hall–Kier alpha value is -1.69. The molecule has 0 saturated heterocycles. The van der Waals surface area contributed by atoms with Gasteiger partial charge in [-0.05, 0) is 49.9 Å². The van der Waals surface area contributed by atoms with Crippen LogP contribution in [0.1, 0.15) is 30.0 Å². The first kappa shape index (κ1) is 14.4. The third-order valence-corrected chi connectivity index (χ3v) is 3.47. The number of ether oxygens (including phenoxy) is 1. The number of rotatable bonds is 5. The van der Waals surface area contributed by atoms with Gasteiger partial charge in [0, 0.05) is 12.2 Å². The van der Waals surface area contributed by atoms with Crippen molar-refractivity contribution in [3.63, 3.8) is 0 Å². The van der Waals surface area contributed by atoms with E-state index in [9.17, 15) is 0 Å². The smallest absolute Gasteiger partial charge is 0.122 e. The fourth-order valence-electron chi connectivity index (χ4n) is 2.04. The Morgan fingerprint density at radius 1 is 1.33 bits per heavy atom. The zero-order valence-electron chi connectivity index (χ0n) is 11.9. The molecule has 0 heterocycles. The minimum Gasteiger partial charge on any atom is -0.496 e. The molecule has 0 aliphatic rings. The summed E-state index contributed by atoms with van der Waals surface area (Å²) in [4.78, 5) is 0. The highest BCUT2D eigenvalue weighted by Gasteiger charge is 2.12. The predicted octanol–water partition coefficient (Wildman–Crippen LogP) is 3.58. The molecule has 0 spiro atoms. The van der Waals surface area contributed by atoms with Crippen molar-refractivity contribution in [3.8, 4) is 11.8 Å².